The Morgan fingerprint density at radius 1 is 1.75 bits per heavy atom. The standard InChI is InChI=1S/C5H6N2S/c1-4-8-7-3-2-6-5(1)7/h2-3H,1,4H2. The van der Waals surface area contributed by atoms with Crippen molar-refractivity contribution in [1.82, 2.24) is 8.96 Å². The first-order valence-electron chi connectivity index (χ1n) is 2.62. The number of rotatable bonds is 0. The first-order valence-corrected chi connectivity index (χ1v) is 3.56. The molecule has 0 amide bonds. The van der Waals surface area contributed by atoms with Gasteiger partial charge in [-0.15, -0.1) is 0 Å². The molecular formula is C5H6N2S. The lowest BCUT2D eigenvalue weighted by Gasteiger charge is -1.86. The molecule has 0 saturated heterocycles. The molecule has 0 spiro atoms. The molecule has 1 aliphatic rings. The van der Waals surface area contributed by atoms with E-state index in [0.717, 1.165) is 6.42 Å². The van der Waals surface area contributed by atoms with Crippen LogP contribution in [0.1, 0.15) is 5.82 Å². The van der Waals surface area contributed by atoms with Crippen molar-refractivity contribution in [1.29, 1.82) is 0 Å². The summed E-state index contributed by atoms with van der Waals surface area (Å²) in [6.45, 7) is 0. The maximum absolute atomic E-state index is 4.14. The molecule has 0 unspecified atom stereocenters. The van der Waals surface area contributed by atoms with Crippen molar-refractivity contribution in [2.75, 3.05) is 5.75 Å². The average Bonchev–Trinajstić information content (AvgIpc) is 2.15. The number of imidazole rings is 1. The number of fused-ring (bicyclic) bond motifs is 1. The summed E-state index contributed by atoms with van der Waals surface area (Å²) >= 11 is 1.83. The highest BCUT2D eigenvalue weighted by atomic mass is 32.2. The normalized spacial score (nSPS) is 16.5. The first-order chi connectivity index (χ1) is 3.97. The molecule has 2 heterocycles. The summed E-state index contributed by atoms with van der Waals surface area (Å²) < 4.78 is 2.12. The van der Waals surface area contributed by atoms with Crippen molar-refractivity contribution >= 4 is 11.9 Å². The Kier molecular flexibility index (Phi) is 0.842. The minimum absolute atomic E-state index is 1.14. The molecule has 0 aromatic carbocycles. The third-order valence-electron chi connectivity index (χ3n) is 1.24. The Hall–Kier alpha value is -0.440. The second-order valence-corrected chi connectivity index (χ2v) is 2.81. The van der Waals surface area contributed by atoms with E-state index in [1.54, 1.807) is 0 Å². The van der Waals surface area contributed by atoms with Crippen LogP contribution in [0.15, 0.2) is 12.4 Å². The van der Waals surface area contributed by atoms with Crippen LogP contribution in [0.25, 0.3) is 0 Å². The Bertz CT molecular complexity index is 176. The van der Waals surface area contributed by atoms with Crippen LogP contribution in [-0.4, -0.2) is 14.7 Å². The highest BCUT2D eigenvalue weighted by Gasteiger charge is 2.09. The van der Waals surface area contributed by atoms with Gasteiger partial charge in [-0.3, -0.25) is 3.97 Å². The van der Waals surface area contributed by atoms with Crippen LogP contribution in [0.3, 0.4) is 0 Å². The topological polar surface area (TPSA) is 17.8 Å². The summed E-state index contributed by atoms with van der Waals surface area (Å²) in [5.74, 6) is 2.42. The fraction of sp³-hybridized carbons (Fsp3) is 0.400. The van der Waals surface area contributed by atoms with E-state index < -0.39 is 0 Å². The maximum Gasteiger partial charge on any atom is 0.119 e. The molecule has 0 N–H and O–H groups in total. The van der Waals surface area contributed by atoms with Crippen molar-refractivity contribution in [2.24, 2.45) is 0 Å². The molecule has 1 aliphatic heterocycles. The number of aromatic nitrogens is 2. The van der Waals surface area contributed by atoms with E-state index in [9.17, 15) is 0 Å². The molecule has 2 nitrogen and oxygen atoms in total. The van der Waals surface area contributed by atoms with Gasteiger partial charge in [0.2, 0.25) is 0 Å². The molecule has 0 radical (unpaired) electrons. The summed E-state index contributed by atoms with van der Waals surface area (Å²) in [7, 11) is 0. The Morgan fingerprint density at radius 2 is 2.75 bits per heavy atom. The quantitative estimate of drug-likeness (QED) is 0.514. The zero-order chi connectivity index (χ0) is 5.40. The number of hydrogen-bond acceptors (Lipinski definition) is 2. The van der Waals surface area contributed by atoms with Gasteiger partial charge in [-0.05, 0) is 11.9 Å². The van der Waals surface area contributed by atoms with Crippen LogP contribution in [0.5, 0.6) is 0 Å². The lowest BCUT2D eigenvalue weighted by Crippen LogP contribution is -1.82. The molecule has 1 aromatic rings. The van der Waals surface area contributed by atoms with E-state index in [2.05, 4.69) is 8.96 Å². The van der Waals surface area contributed by atoms with Crippen LogP contribution >= 0.6 is 11.9 Å². The van der Waals surface area contributed by atoms with Crippen LogP contribution in [0.2, 0.25) is 0 Å². The van der Waals surface area contributed by atoms with Crippen molar-refractivity contribution in [3.8, 4) is 0 Å². The Balaban J connectivity index is 2.54. The van der Waals surface area contributed by atoms with Crippen LogP contribution in [-0.2, 0) is 6.42 Å². The van der Waals surface area contributed by atoms with Crippen LogP contribution in [0.4, 0.5) is 0 Å². The highest BCUT2D eigenvalue weighted by Crippen LogP contribution is 2.18. The number of nitrogens with zero attached hydrogens (tertiary/aromatic N) is 2. The number of hydrogen-bond donors (Lipinski definition) is 0. The molecule has 2 rings (SSSR count). The monoisotopic (exact) mass is 126 g/mol. The SMILES string of the molecule is c1cn2c(n1)CCS2. The Morgan fingerprint density at radius 3 is 3.62 bits per heavy atom. The van der Waals surface area contributed by atoms with Gasteiger partial charge < -0.3 is 0 Å². The van der Waals surface area contributed by atoms with Gasteiger partial charge in [-0.25, -0.2) is 4.98 Å². The fourth-order valence-electron chi connectivity index (χ4n) is 0.850. The molecule has 0 atom stereocenters. The number of aryl methyl sites for hydroxylation is 1. The fourth-order valence-corrected chi connectivity index (χ4v) is 1.75. The predicted octanol–water partition coefficient (Wildman–Crippen LogP) is 0.935. The summed E-state index contributed by atoms with van der Waals surface area (Å²) in [5.41, 5.74) is 0. The maximum atomic E-state index is 4.14. The van der Waals surface area contributed by atoms with Gasteiger partial charge >= 0.3 is 0 Å². The predicted molar refractivity (Wildman–Crippen MR) is 33.8 cm³/mol. The van der Waals surface area contributed by atoms with Crippen LogP contribution in [0, 0.1) is 0 Å². The van der Waals surface area contributed by atoms with E-state index in [0.29, 0.717) is 0 Å². The molecule has 3 heteroatoms. The third-order valence-corrected chi connectivity index (χ3v) is 2.23. The summed E-state index contributed by atoms with van der Waals surface area (Å²) in [6, 6.07) is 0. The zero-order valence-electron chi connectivity index (χ0n) is 4.37. The smallest absolute Gasteiger partial charge is 0.119 e. The molecule has 42 valence electrons. The minimum atomic E-state index is 1.14. The molecule has 0 fully saturated rings. The molecular weight excluding hydrogens is 120 g/mol. The van der Waals surface area contributed by atoms with E-state index in [1.165, 1.54) is 11.6 Å². The second kappa shape index (κ2) is 1.52. The summed E-state index contributed by atoms with van der Waals surface area (Å²) in [5, 5.41) is 0. The van der Waals surface area contributed by atoms with E-state index in [1.807, 2.05) is 24.3 Å². The average molecular weight is 126 g/mol. The first kappa shape index (κ1) is 4.44. The molecule has 0 saturated carbocycles. The summed E-state index contributed by atoms with van der Waals surface area (Å²) in [4.78, 5) is 4.14. The van der Waals surface area contributed by atoms with Crippen molar-refractivity contribution in [3.63, 3.8) is 0 Å². The van der Waals surface area contributed by atoms with Gasteiger partial charge in [0.05, 0.1) is 0 Å². The summed E-state index contributed by atoms with van der Waals surface area (Å²) in [6.07, 6.45) is 4.99. The van der Waals surface area contributed by atoms with Crippen molar-refractivity contribution in [2.45, 2.75) is 6.42 Å². The lowest BCUT2D eigenvalue weighted by molar-refractivity contribution is 1.02. The van der Waals surface area contributed by atoms with Gasteiger partial charge in [-0.2, -0.15) is 0 Å². The molecule has 0 aliphatic carbocycles. The van der Waals surface area contributed by atoms with Gasteiger partial charge in [0.25, 0.3) is 0 Å². The van der Waals surface area contributed by atoms with E-state index in [-0.39, 0.29) is 0 Å². The zero-order valence-corrected chi connectivity index (χ0v) is 5.19. The lowest BCUT2D eigenvalue weighted by atomic mass is 10.5. The van der Waals surface area contributed by atoms with Gasteiger partial charge in [0.1, 0.15) is 5.82 Å². The third kappa shape index (κ3) is 0.478. The van der Waals surface area contributed by atoms with E-state index in [4.69, 9.17) is 0 Å². The molecule has 1 aromatic heterocycles. The largest absolute Gasteiger partial charge is 0.277 e. The highest BCUT2D eigenvalue weighted by molar-refractivity contribution is 7.98. The molecule has 0 bridgehead atoms. The van der Waals surface area contributed by atoms with Gasteiger partial charge in [-0.1, -0.05) is 0 Å². The minimum Gasteiger partial charge on any atom is -0.277 e. The van der Waals surface area contributed by atoms with Crippen molar-refractivity contribution < 1.29 is 0 Å². The van der Waals surface area contributed by atoms with Gasteiger partial charge in [0, 0.05) is 24.6 Å². The molecule has 8 heavy (non-hydrogen) atoms. The van der Waals surface area contributed by atoms with Gasteiger partial charge in [0.15, 0.2) is 0 Å². The Labute approximate surface area is 52.1 Å². The second-order valence-electron chi connectivity index (χ2n) is 1.75. The van der Waals surface area contributed by atoms with Crippen LogP contribution < -0.4 is 0 Å². The van der Waals surface area contributed by atoms with E-state index >= 15 is 0 Å². The van der Waals surface area contributed by atoms with Crippen molar-refractivity contribution in [3.05, 3.63) is 18.2 Å².